The highest BCUT2D eigenvalue weighted by Gasteiger charge is 2.10. The maximum Gasteiger partial charge on any atom is 0.337 e. The van der Waals surface area contributed by atoms with Crippen LogP contribution in [0.4, 0.5) is 0 Å². The van der Waals surface area contributed by atoms with E-state index in [1.165, 1.54) is 13.2 Å². The first kappa shape index (κ1) is 19.0. The van der Waals surface area contributed by atoms with E-state index in [0.717, 1.165) is 16.7 Å². The molecule has 1 heterocycles. The summed E-state index contributed by atoms with van der Waals surface area (Å²) >= 11 is 0. The van der Waals surface area contributed by atoms with Crippen molar-refractivity contribution in [2.75, 3.05) is 7.11 Å². The topological polar surface area (TPSA) is 91.5 Å². The van der Waals surface area contributed by atoms with Gasteiger partial charge in [0.25, 0.3) is 5.89 Å². The summed E-state index contributed by atoms with van der Waals surface area (Å²) in [6, 6.07) is 14.3. The first-order valence-electron chi connectivity index (χ1n) is 8.48. The molecule has 0 bridgehead atoms. The molecule has 0 N–H and O–H groups in total. The predicted octanol–water partition coefficient (Wildman–Crippen LogP) is 3.59. The number of nitrogens with zero attached hydrogens (tertiary/aromatic N) is 2. The number of benzene rings is 2. The summed E-state index contributed by atoms with van der Waals surface area (Å²) in [5, 5.41) is 3.88. The number of methoxy groups -OCH3 is 1. The van der Waals surface area contributed by atoms with Gasteiger partial charge in [-0.15, -0.1) is 0 Å². The third-order valence-corrected chi connectivity index (χ3v) is 3.86. The highest BCUT2D eigenvalue weighted by atomic mass is 16.6. The second-order valence-corrected chi connectivity index (χ2v) is 5.93. The molecule has 0 aliphatic heterocycles. The Morgan fingerprint density at radius 1 is 1.07 bits per heavy atom. The molecule has 2 aromatic carbocycles. The average Bonchev–Trinajstić information content (AvgIpc) is 3.20. The van der Waals surface area contributed by atoms with Crippen LogP contribution in [0.2, 0.25) is 0 Å². The minimum Gasteiger partial charge on any atom is -0.465 e. The van der Waals surface area contributed by atoms with Crippen molar-refractivity contribution in [3.8, 4) is 11.4 Å². The van der Waals surface area contributed by atoms with Crippen molar-refractivity contribution in [1.29, 1.82) is 0 Å². The standard InChI is InChI=1S/C21H18N2O5/c1-14-3-8-16(9-4-14)20-22-18(28-23-20)13-27-19(24)12-7-15-5-10-17(11-6-15)21(25)26-2/h3-12H,13H2,1-2H3/b12-7+. The minimum absolute atomic E-state index is 0.122. The van der Waals surface area contributed by atoms with E-state index in [1.807, 2.05) is 31.2 Å². The van der Waals surface area contributed by atoms with Gasteiger partial charge in [-0.05, 0) is 30.7 Å². The van der Waals surface area contributed by atoms with Gasteiger partial charge in [-0.3, -0.25) is 0 Å². The molecule has 0 atom stereocenters. The number of carbonyl (C=O) groups is 2. The molecule has 0 saturated heterocycles. The van der Waals surface area contributed by atoms with Crippen LogP contribution in [-0.2, 0) is 20.9 Å². The zero-order chi connectivity index (χ0) is 19.9. The number of hydrogen-bond donors (Lipinski definition) is 0. The van der Waals surface area contributed by atoms with Gasteiger partial charge in [-0.1, -0.05) is 47.1 Å². The summed E-state index contributed by atoms with van der Waals surface area (Å²) in [5.74, 6) is -0.321. The van der Waals surface area contributed by atoms with Crippen LogP contribution in [-0.4, -0.2) is 29.2 Å². The van der Waals surface area contributed by atoms with E-state index in [9.17, 15) is 9.59 Å². The molecule has 0 fully saturated rings. The van der Waals surface area contributed by atoms with E-state index in [0.29, 0.717) is 11.4 Å². The van der Waals surface area contributed by atoms with E-state index in [1.54, 1.807) is 30.3 Å². The molecule has 7 nitrogen and oxygen atoms in total. The van der Waals surface area contributed by atoms with Crippen LogP contribution in [0.15, 0.2) is 59.1 Å². The fourth-order valence-corrected chi connectivity index (χ4v) is 2.33. The molecule has 1 aromatic heterocycles. The van der Waals surface area contributed by atoms with Crippen molar-refractivity contribution in [3.05, 3.63) is 77.2 Å². The van der Waals surface area contributed by atoms with E-state index in [-0.39, 0.29) is 12.5 Å². The largest absolute Gasteiger partial charge is 0.465 e. The summed E-state index contributed by atoms with van der Waals surface area (Å²) in [7, 11) is 1.32. The van der Waals surface area contributed by atoms with E-state index in [2.05, 4.69) is 14.9 Å². The molecule has 0 radical (unpaired) electrons. The zero-order valence-electron chi connectivity index (χ0n) is 15.4. The molecule has 0 unspecified atom stereocenters. The van der Waals surface area contributed by atoms with Crippen molar-refractivity contribution >= 4 is 18.0 Å². The summed E-state index contributed by atoms with van der Waals surface area (Å²) in [6.07, 6.45) is 2.86. The summed E-state index contributed by atoms with van der Waals surface area (Å²) in [5.41, 5.74) is 3.13. The van der Waals surface area contributed by atoms with Crippen LogP contribution >= 0.6 is 0 Å². The molecule has 0 amide bonds. The fourth-order valence-electron chi connectivity index (χ4n) is 2.33. The number of esters is 2. The summed E-state index contributed by atoms with van der Waals surface area (Å²) < 4.78 is 14.8. The molecule has 3 rings (SSSR count). The van der Waals surface area contributed by atoms with Crippen LogP contribution in [0.1, 0.15) is 27.4 Å². The van der Waals surface area contributed by atoms with E-state index >= 15 is 0 Å². The highest BCUT2D eigenvalue weighted by molar-refractivity contribution is 5.90. The smallest absolute Gasteiger partial charge is 0.337 e. The lowest BCUT2D eigenvalue weighted by Crippen LogP contribution is -2.01. The van der Waals surface area contributed by atoms with E-state index < -0.39 is 11.9 Å². The Labute approximate surface area is 161 Å². The Kier molecular flexibility index (Phi) is 5.96. The molecule has 3 aromatic rings. The van der Waals surface area contributed by atoms with Gasteiger partial charge in [0.1, 0.15) is 0 Å². The van der Waals surface area contributed by atoms with Crippen LogP contribution < -0.4 is 0 Å². The number of ether oxygens (including phenoxy) is 2. The maximum atomic E-state index is 11.9. The monoisotopic (exact) mass is 378 g/mol. The van der Waals surface area contributed by atoms with Gasteiger partial charge in [0.05, 0.1) is 12.7 Å². The third kappa shape index (κ3) is 4.91. The molecule has 142 valence electrons. The van der Waals surface area contributed by atoms with Crippen molar-refractivity contribution < 1.29 is 23.6 Å². The summed E-state index contributed by atoms with van der Waals surface area (Å²) in [6.45, 7) is 1.87. The first-order valence-corrected chi connectivity index (χ1v) is 8.48. The van der Waals surface area contributed by atoms with Crippen LogP contribution in [0.5, 0.6) is 0 Å². The molecule has 0 aliphatic carbocycles. The maximum absolute atomic E-state index is 11.9. The number of hydrogen-bond acceptors (Lipinski definition) is 7. The molecule has 7 heteroatoms. The fraction of sp³-hybridized carbons (Fsp3) is 0.143. The highest BCUT2D eigenvalue weighted by Crippen LogP contribution is 2.16. The van der Waals surface area contributed by atoms with Gasteiger partial charge in [0.15, 0.2) is 6.61 Å². The van der Waals surface area contributed by atoms with Gasteiger partial charge < -0.3 is 14.0 Å². The second-order valence-electron chi connectivity index (χ2n) is 5.93. The van der Waals surface area contributed by atoms with Gasteiger partial charge in [0.2, 0.25) is 5.82 Å². The number of carbonyl (C=O) groups excluding carboxylic acids is 2. The average molecular weight is 378 g/mol. The molecular formula is C21H18N2O5. The third-order valence-electron chi connectivity index (χ3n) is 3.86. The van der Waals surface area contributed by atoms with Crippen molar-refractivity contribution in [3.63, 3.8) is 0 Å². The molecular weight excluding hydrogens is 360 g/mol. The minimum atomic E-state index is -0.549. The Balaban J connectivity index is 1.53. The Morgan fingerprint density at radius 2 is 1.79 bits per heavy atom. The first-order chi connectivity index (χ1) is 13.5. The van der Waals surface area contributed by atoms with Crippen LogP contribution in [0.3, 0.4) is 0 Å². The van der Waals surface area contributed by atoms with Crippen molar-refractivity contribution in [2.24, 2.45) is 0 Å². The van der Waals surface area contributed by atoms with Crippen LogP contribution in [0.25, 0.3) is 17.5 Å². The Bertz CT molecular complexity index is 988. The predicted molar refractivity (Wildman–Crippen MR) is 101 cm³/mol. The van der Waals surface area contributed by atoms with Gasteiger partial charge in [-0.2, -0.15) is 4.98 Å². The number of rotatable bonds is 6. The molecule has 28 heavy (non-hydrogen) atoms. The number of aromatic nitrogens is 2. The lowest BCUT2D eigenvalue weighted by atomic mass is 10.1. The van der Waals surface area contributed by atoms with Gasteiger partial charge in [0, 0.05) is 11.6 Å². The van der Waals surface area contributed by atoms with Crippen molar-refractivity contribution in [1.82, 2.24) is 10.1 Å². The van der Waals surface area contributed by atoms with Crippen molar-refractivity contribution in [2.45, 2.75) is 13.5 Å². The molecule has 0 aliphatic rings. The number of aryl methyl sites for hydroxylation is 1. The Morgan fingerprint density at radius 3 is 2.46 bits per heavy atom. The van der Waals surface area contributed by atoms with Gasteiger partial charge >= 0.3 is 11.9 Å². The normalized spacial score (nSPS) is 10.8. The van der Waals surface area contributed by atoms with E-state index in [4.69, 9.17) is 9.26 Å². The quantitative estimate of drug-likeness (QED) is 0.478. The summed E-state index contributed by atoms with van der Waals surface area (Å²) in [4.78, 5) is 27.4. The Hall–Kier alpha value is -3.74. The van der Waals surface area contributed by atoms with Crippen LogP contribution in [0, 0.1) is 6.92 Å². The lowest BCUT2D eigenvalue weighted by molar-refractivity contribution is -0.139. The molecule has 0 spiro atoms. The second kappa shape index (κ2) is 8.77. The lowest BCUT2D eigenvalue weighted by Gasteiger charge is -1.99. The molecule has 0 saturated carbocycles. The SMILES string of the molecule is COC(=O)c1ccc(/C=C/C(=O)OCc2nc(-c3ccc(C)cc3)no2)cc1. The van der Waals surface area contributed by atoms with Gasteiger partial charge in [-0.25, -0.2) is 9.59 Å². The zero-order valence-corrected chi connectivity index (χ0v) is 15.4.